The zero-order valence-electron chi connectivity index (χ0n) is 17.4. The van der Waals surface area contributed by atoms with E-state index in [2.05, 4.69) is 15.6 Å². The first-order valence-corrected chi connectivity index (χ1v) is 9.90. The second-order valence-electron chi connectivity index (χ2n) is 7.17. The summed E-state index contributed by atoms with van der Waals surface area (Å²) in [7, 11) is 1.39. The largest absolute Gasteiger partial charge is 0.505 e. The highest BCUT2D eigenvalue weighted by molar-refractivity contribution is 6.04. The molecule has 3 heterocycles. The summed E-state index contributed by atoms with van der Waals surface area (Å²) in [5, 5.41) is 24.4. The number of rotatable bonds is 6. The number of aromatic hydroxyl groups is 1. The minimum absolute atomic E-state index is 0.0727. The van der Waals surface area contributed by atoms with Crippen molar-refractivity contribution in [1.82, 2.24) is 20.2 Å². The fraction of sp³-hybridized carbons (Fsp3) is 0.182. The van der Waals surface area contributed by atoms with Gasteiger partial charge in [0.2, 0.25) is 5.76 Å². The predicted molar refractivity (Wildman–Crippen MR) is 115 cm³/mol. The number of nitrogens with one attached hydrogen (secondary N) is 2. The van der Waals surface area contributed by atoms with Crippen molar-refractivity contribution in [1.29, 1.82) is 0 Å². The molecule has 2 aromatic heterocycles. The van der Waals surface area contributed by atoms with E-state index in [0.717, 1.165) is 10.8 Å². The van der Waals surface area contributed by atoms with E-state index < -0.39 is 34.5 Å². The molecule has 0 saturated carbocycles. The van der Waals surface area contributed by atoms with Gasteiger partial charge in [-0.25, -0.2) is 4.39 Å². The van der Waals surface area contributed by atoms with Crippen molar-refractivity contribution in [2.24, 2.45) is 0 Å². The number of ether oxygens (including phenoxy) is 1. The molecule has 11 heteroatoms. The number of carbonyl (C=O) groups excluding carboxylic acids is 2. The minimum Gasteiger partial charge on any atom is -0.505 e. The van der Waals surface area contributed by atoms with Crippen molar-refractivity contribution in [2.75, 3.05) is 20.2 Å². The van der Waals surface area contributed by atoms with E-state index in [1.165, 1.54) is 25.4 Å². The zero-order chi connectivity index (χ0) is 23.7. The summed E-state index contributed by atoms with van der Waals surface area (Å²) in [6.45, 7) is -0.495. The highest BCUT2D eigenvalue weighted by atomic mass is 19.1. The number of likely N-dealkylation sites (N-methyl/N-ethyl adjacent to an activating group) is 1. The van der Waals surface area contributed by atoms with Crippen LogP contribution in [-0.4, -0.2) is 51.8 Å². The molecular weight excluding hydrogens is 435 g/mol. The van der Waals surface area contributed by atoms with Crippen molar-refractivity contribution >= 4 is 29.0 Å². The van der Waals surface area contributed by atoms with Crippen molar-refractivity contribution in [3.8, 4) is 11.5 Å². The van der Waals surface area contributed by atoms with Crippen LogP contribution < -0.4 is 20.9 Å². The lowest BCUT2D eigenvalue weighted by molar-refractivity contribution is -0.119. The lowest BCUT2D eigenvalue weighted by atomic mass is 10.0. The first kappa shape index (κ1) is 22.0. The van der Waals surface area contributed by atoms with Gasteiger partial charge in [0, 0.05) is 31.8 Å². The van der Waals surface area contributed by atoms with Gasteiger partial charge in [0.25, 0.3) is 17.4 Å². The maximum Gasteiger partial charge on any atom is 0.288 e. The van der Waals surface area contributed by atoms with Crippen molar-refractivity contribution in [3.05, 3.63) is 69.1 Å². The molecule has 1 aromatic carbocycles. The number of pyridine rings is 2. The molecule has 0 fully saturated rings. The molecule has 0 unspecified atom stereocenters. The lowest BCUT2D eigenvalue weighted by Gasteiger charge is -2.22. The molecule has 10 nitrogen and oxygen atoms in total. The van der Waals surface area contributed by atoms with Gasteiger partial charge in [-0.1, -0.05) is 12.1 Å². The zero-order valence-corrected chi connectivity index (χ0v) is 17.4. The second kappa shape index (κ2) is 8.71. The Hall–Kier alpha value is -4.25. The average molecular weight is 454 g/mol. The molecule has 170 valence electrons. The molecule has 0 aliphatic carbocycles. The Labute approximate surface area is 185 Å². The Balaban J connectivity index is 1.95. The Bertz CT molecular complexity index is 1360. The van der Waals surface area contributed by atoms with E-state index in [0.29, 0.717) is 11.1 Å². The third kappa shape index (κ3) is 3.89. The Kier molecular flexibility index (Phi) is 5.80. The summed E-state index contributed by atoms with van der Waals surface area (Å²) in [6.07, 6.45) is 2.73. The van der Waals surface area contributed by atoms with Crippen molar-refractivity contribution < 1.29 is 28.9 Å². The molecule has 3 aromatic rings. The number of aliphatic hydroxyl groups excluding tert-OH is 1. The minimum atomic E-state index is -0.905. The third-order valence-electron chi connectivity index (χ3n) is 5.06. The maximum atomic E-state index is 13.3. The number of benzene rings is 1. The van der Waals surface area contributed by atoms with Gasteiger partial charge < -0.3 is 25.6 Å². The number of hydrogen-bond acceptors (Lipinski definition) is 7. The van der Waals surface area contributed by atoms with Crippen LogP contribution in [0.3, 0.4) is 0 Å². The molecule has 0 saturated heterocycles. The van der Waals surface area contributed by atoms with Gasteiger partial charge in [-0.3, -0.25) is 23.9 Å². The fourth-order valence-corrected chi connectivity index (χ4v) is 3.49. The molecule has 0 spiro atoms. The first-order chi connectivity index (χ1) is 15.8. The van der Waals surface area contributed by atoms with E-state index in [1.807, 2.05) is 0 Å². The van der Waals surface area contributed by atoms with Gasteiger partial charge in [0.05, 0.1) is 12.8 Å². The van der Waals surface area contributed by atoms with Crippen LogP contribution >= 0.6 is 0 Å². The molecule has 4 rings (SSSR count). The number of halogens is 1. The lowest BCUT2D eigenvalue weighted by Crippen LogP contribution is -2.35. The van der Waals surface area contributed by atoms with E-state index in [9.17, 15) is 23.9 Å². The number of aliphatic hydroxyl groups is 1. The second-order valence-corrected chi connectivity index (χ2v) is 7.17. The highest BCUT2D eigenvalue weighted by Gasteiger charge is 2.30. The summed E-state index contributed by atoms with van der Waals surface area (Å²) in [4.78, 5) is 42.2. The maximum absolute atomic E-state index is 13.3. The summed E-state index contributed by atoms with van der Waals surface area (Å²) >= 11 is 0. The molecule has 2 amide bonds. The predicted octanol–water partition coefficient (Wildman–Crippen LogP) is 0.491. The molecule has 1 aliphatic rings. The van der Waals surface area contributed by atoms with Crippen molar-refractivity contribution in [3.63, 3.8) is 0 Å². The number of aromatic nitrogens is 2. The van der Waals surface area contributed by atoms with Crippen LogP contribution in [0.1, 0.15) is 21.5 Å². The molecule has 4 N–H and O–H groups in total. The van der Waals surface area contributed by atoms with Crippen molar-refractivity contribution in [2.45, 2.75) is 6.42 Å². The van der Waals surface area contributed by atoms with Crippen LogP contribution in [0.5, 0.6) is 11.5 Å². The van der Waals surface area contributed by atoms with E-state index in [-0.39, 0.29) is 42.1 Å². The van der Waals surface area contributed by atoms with Gasteiger partial charge in [-0.2, -0.15) is 0 Å². The summed E-state index contributed by atoms with van der Waals surface area (Å²) in [5.41, 5.74) is -0.324. The molecule has 1 aliphatic heterocycles. The smallest absolute Gasteiger partial charge is 0.288 e. The van der Waals surface area contributed by atoms with Gasteiger partial charge in [0.15, 0.2) is 11.5 Å². The molecule has 33 heavy (non-hydrogen) atoms. The standard InChI is InChI=1S/C22H19FN4O6/c1-24-20(30)14-10-27-17-16(18(29)15(22(27)32)21(31)25-6-7-28)26-9-12(19(17)33-14)8-11-2-4-13(23)5-3-11/h2-5,9-10,28-29H,6-8H2,1H3,(H,24,30)(H,25,31). The van der Waals surface area contributed by atoms with Gasteiger partial charge >= 0.3 is 0 Å². The molecule has 0 bridgehead atoms. The highest BCUT2D eigenvalue weighted by Crippen LogP contribution is 2.38. The Morgan fingerprint density at radius 1 is 1.21 bits per heavy atom. The number of amides is 2. The summed E-state index contributed by atoms with van der Waals surface area (Å²) in [5.74, 6) is -2.70. The quantitative estimate of drug-likeness (QED) is 0.425. The van der Waals surface area contributed by atoms with E-state index in [1.54, 1.807) is 12.1 Å². The van der Waals surface area contributed by atoms with Gasteiger partial charge in [-0.15, -0.1) is 0 Å². The number of carbonyl (C=O) groups is 2. The SMILES string of the molecule is CNC(=O)C1=Cn2c(=O)c(C(=O)NCCO)c(O)c3ncc(Cc4ccc(F)cc4)c(c32)O1. The van der Waals surface area contributed by atoms with Crippen LogP contribution in [0, 0.1) is 5.82 Å². The monoisotopic (exact) mass is 454 g/mol. The Morgan fingerprint density at radius 3 is 2.61 bits per heavy atom. The fourth-order valence-electron chi connectivity index (χ4n) is 3.49. The van der Waals surface area contributed by atoms with Crippen LogP contribution in [0.2, 0.25) is 0 Å². The normalized spacial score (nSPS) is 12.2. The topological polar surface area (TPSA) is 143 Å². The number of hydrogen-bond donors (Lipinski definition) is 4. The average Bonchev–Trinajstić information content (AvgIpc) is 2.82. The molecule has 0 radical (unpaired) electrons. The van der Waals surface area contributed by atoms with Crippen LogP contribution in [0.4, 0.5) is 4.39 Å². The van der Waals surface area contributed by atoms with Crippen LogP contribution in [0.25, 0.3) is 17.2 Å². The van der Waals surface area contributed by atoms with E-state index in [4.69, 9.17) is 9.84 Å². The molecule has 0 atom stereocenters. The Morgan fingerprint density at radius 2 is 1.94 bits per heavy atom. The summed E-state index contributed by atoms with van der Waals surface area (Å²) < 4.78 is 20.1. The molecular formula is C22H19FN4O6. The number of nitrogens with zero attached hydrogens (tertiary/aromatic N) is 2. The van der Waals surface area contributed by atoms with Crippen LogP contribution in [-0.2, 0) is 11.2 Å². The van der Waals surface area contributed by atoms with Gasteiger partial charge in [-0.05, 0) is 17.7 Å². The summed E-state index contributed by atoms with van der Waals surface area (Å²) in [6, 6.07) is 5.74. The third-order valence-corrected chi connectivity index (χ3v) is 5.06. The van der Waals surface area contributed by atoms with Crippen LogP contribution in [0.15, 0.2) is 41.0 Å². The van der Waals surface area contributed by atoms with Gasteiger partial charge in [0.1, 0.15) is 22.4 Å². The van der Waals surface area contributed by atoms with E-state index >= 15 is 0 Å². The first-order valence-electron chi connectivity index (χ1n) is 9.90.